The summed E-state index contributed by atoms with van der Waals surface area (Å²) in [4.78, 5) is 0. The Morgan fingerprint density at radius 1 is 1.20 bits per heavy atom. The number of aromatic hydroxyl groups is 2. The van der Waals surface area contributed by atoms with Crippen LogP contribution in [0.1, 0.15) is 5.56 Å². The van der Waals surface area contributed by atoms with Crippen molar-refractivity contribution in [2.24, 2.45) is 0 Å². The molecule has 0 amide bonds. The molecular weight excluding hydrogens is 128 g/mol. The van der Waals surface area contributed by atoms with E-state index in [2.05, 4.69) is 6.58 Å². The highest BCUT2D eigenvalue weighted by Gasteiger charge is 1.99. The SMILES string of the molecule is C=Cc1c(O)cccc1O. The minimum absolute atomic E-state index is 0.0509. The fraction of sp³-hybridized carbons (Fsp3) is 0. The molecule has 0 saturated heterocycles. The summed E-state index contributed by atoms with van der Waals surface area (Å²) in [5.74, 6) is 0.102. The van der Waals surface area contributed by atoms with Crippen LogP contribution in [0.4, 0.5) is 0 Å². The third-order valence-electron chi connectivity index (χ3n) is 1.26. The van der Waals surface area contributed by atoms with Crippen molar-refractivity contribution in [1.82, 2.24) is 0 Å². The van der Waals surface area contributed by atoms with E-state index >= 15 is 0 Å². The van der Waals surface area contributed by atoms with E-state index in [1.807, 2.05) is 0 Å². The molecule has 10 heavy (non-hydrogen) atoms. The van der Waals surface area contributed by atoms with Gasteiger partial charge in [-0.3, -0.25) is 0 Å². The van der Waals surface area contributed by atoms with Gasteiger partial charge in [0.25, 0.3) is 0 Å². The van der Waals surface area contributed by atoms with Gasteiger partial charge in [-0.05, 0) is 12.1 Å². The lowest BCUT2D eigenvalue weighted by molar-refractivity contribution is 0.448. The molecule has 0 spiro atoms. The van der Waals surface area contributed by atoms with Gasteiger partial charge in [0.15, 0.2) is 0 Å². The molecule has 0 aliphatic carbocycles. The lowest BCUT2D eigenvalue weighted by Gasteiger charge is -1.99. The molecule has 0 fully saturated rings. The monoisotopic (exact) mass is 136 g/mol. The van der Waals surface area contributed by atoms with Gasteiger partial charge in [0, 0.05) is 0 Å². The van der Waals surface area contributed by atoms with Crippen LogP contribution in [0.2, 0.25) is 0 Å². The average molecular weight is 136 g/mol. The fourth-order valence-electron chi connectivity index (χ4n) is 0.750. The second kappa shape index (κ2) is 2.43. The van der Waals surface area contributed by atoms with Crippen LogP contribution in [0, 0.1) is 0 Å². The van der Waals surface area contributed by atoms with Crippen LogP contribution in [0.3, 0.4) is 0 Å². The highest BCUT2D eigenvalue weighted by atomic mass is 16.3. The number of phenols is 2. The zero-order valence-corrected chi connectivity index (χ0v) is 5.41. The number of hydrogen-bond acceptors (Lipinski definition) is 2. The smallest absolute Gasteiger partial charge is 0.126 e. The first-order valence-corrected chi connectivity index (χ1v) is 2.89. The number of hydrogen-bond donors (Lipinski definition) is 2. The van der Waals surface area contributed by atoms with Crippen LogP contribution in [0.15, 0.2) is 24.8 Å². The Kier molecular flexibility index (Phi) is 1.63. The molecule has 0 saturated carbocycles. The summed E-state index contributed by atoms with van der Waals surface area (Å²) < 4.78 is 0. The Labute approximate surface area is 59.1 Å². The molecule has 0 aliphatic rings. The zero-order valence-electron chi connectivity index (χ0n) is 5.41. The van der Waals surface area contributed by atoms with E-state index in [0.717, 1.165) is 0 Å². The molecular formula is C8H8O2. The summed E-state index contributed by atoms with van der Waals surface area (Å²) in [6.07, 6.45) is 1.41. The van der Waals surface area contributed by atoms with Gasteiger partial charge in [0.05, 0.1) is 5.56 Å². The van der Waals surface area contributed by atoms with Gasteiger partial charge in [-0.1, -0.05) is 18.7 Å². The lowest BCUT2D eigenvalue weighted by atomic mass is 10.2. The third kappa shape index (κ3) is 0.957. The second-order valence-electron chi connectivity index (χ2n) is 1.91. The maximum atomic E-state index is 9.06. The van der Waals surface area contributed by atoms with Crippen LogP contribution in [-0.2, 0) is 0 Å². The van der Waals surface area contributed by atoms with Gasteiger partial charge in [0.1, 0.15) is 11.5 Å². The molecule has 2 nitrogen and oxygen atoms in total. The first kappa shape index (κ1) is 6.68. The van der Waals surface area contributed by atoms with E-state index in [1.165, 1.54) is 18.2 Å². The van der Waals surface area contributed by atoms with Crippen molar-refractivity contribution >= 4 is 6.08 Å². The summed E-state index contributed by atoms with van der Waals surface area (Å²) in [5.41, 5.74) is 0.377. The Morgan fingerprint density at radius 2 is 1.70 bits per heavy atom. The van der Waals surface area contributed by atoms with Gasteiger partial charge in [-0.25, -0.2) is 0 Å². The van der Waals surface area contributed by atoms with Crippen molar-refractivity contribution in [3.05, 3.63) is 30.3 Å². The quantitative estimate of drug-likeness (QED) is 0.617. The minimum Gasteiger partial charge on any atom is -0.507 e. The largest absolute Gasteiger partial charge is 0.507 e. The van der Waals surface area contributed by atoms with Crippen molar-refractivity contribution in [2.45, 2.75) is 0 Å². The molecule has 0 radical (unpaired) electrons. The van der Waals surface area contributed by atoms with Crippen molar-refractivity contribution in [1.29, 1.82) is 0 Å². The standard InChI is InChI=1S/C8H8O2/c1-2-6-7(9)4-3-5-8(6)10/h2-5,9-10H,1H2. The van der Waals surface area contributed by atoms with Crippen LogP contribution in [0.25, 0.3) is 6.08 Å². The topological polar surface area (TPSA) is 40.5 Å². The predicted molar refractivity (Wildman–Crippen MR) is 39.9 cm³/mol. The van der Waals surface area contributed by atoms with E-state index in [-0.39, 0.29) is 11.5 Å². The van der Waals surface area contributed by atoms with E-state index in [0.29, 0.717) is 5.56 Å². The molecule has 0 bridgehead atoms. The molecule has 0 aliphatic heterocycles. The molecule has 2 N–H and O–H groups in total. The first-order valence-electron chi connectivity index (χ1n) is 2.89. The van der Waals surface area contributed by atoms with E-state index in [9.17, 15) is 0 Å². The lowest BCUT2D eigenvalue weighted by Crippen LogP contribution is -1.73. The fourth-order valence-corrected chi connectivity index (χ4v) is 0.750. The predicted octanol–water partition coefficient (Wildman–Crippen LogP) is 1.74. The Hall–Kier alpha value is -1.44. The molecule has 0 unspecified atom stereocenters. The molecule has 0 atom stereocenters. The molecule has 1 rings (SSSR count). The molecule has 1 aromatic carbocycles. The summed E-state index contributed by atoms with van der Waals surface area (Å²) in [6, 6.07) is 4.56. The Bertz CT molecular complexity index is 233. The van der Waals surface area contributed by atoms with Gasteiger partial charge in [-0.2, -0.15) is 0 Å². The third-order valence-corrected chi connectivity index (χ3v) is 1.26. The van der Waals surface area contributed by atoms with Crippen LogP contribution in [0.5, 0.6) is 11.5 Å². The van der Waals surface area contributed by atoms with Crippen LogP contribution < -0.4 is 0 Å². The summed E-state index contributed by atoms with van der Waals surface area (Å²) in [5, 5.41) is 18.1. The summed E-state index contributed by atoms with van der Waals surface area (Å²) in [7, 11) is 0. The van der Waals surface area contributed by atoms with Gasteiger partial charge < -0.3 is 10.2 Å². The molecule has 52 valence electrons. The maximum Gasteiger partial charge on any atom is 0.126 e. The summed E-state index contributed by atoms with van der Waals surface area (Å²) >= 11 is 0. The van der Waals surface area contributed by atoms with Gasteiger partial charge in [0.2, 0.25) is 0 Å². The summed E-state index contributed by atoms with van der Waals surface area (Å²) in [6.45, 7) is 3.43. The van der Waals surface area contributed by atoms with Gasteiger partial charge >= 0.3 is 0 Å². The van der Waals surface area contributed by atoms with Crippen molar-refractivity contribution in [2.75, 3.05) is 0 Å². The van der Waals surface area contributed by atoms with E-state index in [4.69, 9.17) is 10.2 Å². The van der Waals surface area contributed by atoms with E-state index in [1.54, 1.807) is 6.07 Å². The molecule has 0 heterocycles. The van der Waals surface area contributed by atoms with Crippen molar-refractivity contribution in [3.8, 4) is 11.5 Å². The Balaban J connectivity index is 3.30. The minimum atomic E-state index is 0.0509. The normalized spacial score (nSPS) is 9.20. The average Bonchev–Trinajstić information content (AvgIpc) is 1.88. The number of phenolic OH excluding ortho intramolecular Hbond substituents is 2. The molecule has 2 heteroatoms. The number of benzene rings is 1. The molecule has 1 aromatic rings. The molecule has 0 aromatic heterocycles. The number of rotatable bonds is 1. The zero-order chi connectivity index (χ0) is 7.56. The second-order valence-corrected chi connectivity index (χ2v) is 1.91. The van der Waals surface area contributed by atoms with Crippen LogP contribution in [-0.4, -0.2) is 10.2 Å². The van der Waals surface area contributed by atoms with E-state index < -0.39 is 0 Å². The highest BCUT2D eigenvalue weighted by molar-refractivity contribution is 5.61. The van der Waals surface area contributed by atoms with Crippen molar-refractivity contribution < 1.29 is 10.2 Å². The Morgan fingerprint density at radius 3 is 2.00 bits per heavy atom. The maximum absolute atomic E-state index is 9.06. The van der Waals surface area contributed by atoms with Crippen LogP contribution >= 0.6 is 0 Å². The highest BCUT2D eigenvalue weighted by Crippen LogP contribution is 2.26. The van der Waals surface area contributed by atoms with Crippen molar-refractivity contribution in [3.63, 3.8) is 0 Å². The first-order chi connectivity index (χ1) is 4.75. The van der Waals surface area contributed by atoms with Gasteiger partial charge in [-0.15, -0.1) is 0 Å².